The van der Waals surface area contributed by atoms with E-state index in [2.05, 4.69) is 5.16 Å². The number of amides is 1. The Morgan fingerprint density at radius 3 is 2.95 bits per heavy atom. The third kappa shape index (κ3) is 4.23. The van der Waals surface area contributed by atoms with Gasteiger partial charge in [-0.05, 0) is 39.5 Å². The van der Waals surface area contributed by atoms with Gasteiger partial charge in [0, 0.05) is 30.4 Å². The summed E-state index contributed by atoms with van der Waals surface area (Å²) in [5, 5.41) is 3.94. The van der Waals surface area contributed by atoms with Gasteiger partial charge in [-0.1, -0.05) is 5.16 Å². The van der Waals surface area contributed by atoms with Crippen molar-refractivity contribution in [3.8, 4) is 0 Å². The van der Waals surface area contributed by atoms with Crippen LogP contribution in [0.4, 0.5) is 0 Å². The first-order valence-electron chi connectivity index (χ1n) is 7.52. The zero-order chi connectivity index (χ0) is 15.4. The molecule has 0 spiro atoms. The highest BCUT2D eigenvalue weighted by molar-refractivity contribution is 7.99. The van der Waals surface area contributed by atoms with Crippen LogP contribution in [0, 0.1) is 19.8 Å². The van der Waals surface area contributed by atoms with Gasteiger partial charge in [0.05, 0.1) is 11.4 Å². The highest BCUT2D eigenvalue weighted by atomic mass is 32.2. The van der Waals surface area contributed by atoms with E-state index in [0.29, 0.717) is 11.7 Å². The summed E-state index contributed by atoms with van der Waals surface area (Å²) >= 11 is 1.63. The Morgan fingerprint density at radius 2 is 2.33 bits per heavy atom. The van der Waals surface area contributed by atoms with Crippen LogP contribution in [0.15, 0.2) is 4.52 Å². The average molecular weight is 311 g/mol. The molecule has 0 bridgehead atoms. The number of rotatable bonds is 5. The quantitative estimate of drug-likeness (QED) is 0.901. The molecule has 5 nitrogen and oxygen atoms in total. The van der Waals surface area contributed by atoms with Crippen molar-refractivity contribution in [2.45, 2.75) is 45.4 Å². The monoisotopic (exact) mass is 311 g/mol. The van der Waals surface area contributed by atoms with Crippen molar-refractivity contribution in [2.24, 2.45) is 11.7 Å². The highest BCUT2D eigenvalue weighted by Gasteiger charge is 2.25. The molecular weight excluding hydrogens is 286 g/mol. The molecule has 6 heteroatoms. The van der Waals surface area contributed by atoms with E-state index >= 15 is 0 Å². The minimum atomic E-state index is 0.163. The SMILES string of the molecule is Cc1noc(C)c1CSCC(=O)N1CCCC(C(C)N)C1. The van der Waals surface area contributed by atoms with Crippen molar-refractivity contribution >= 4 is 17.7 Å². The predicted octanol–water partition coefficient (Wildman–Crippen LogP) is 2.11. The van der Waals surface area contributed by atoms with Crippen molar-refractivity contribution in [3.63, 3.8) is 0 Å². The number of nitrogens with zero attached hydrogens (tertiary/aromatic N) is 2. The van der Waals surface area contributed by atoms with Gasteiger partial charge in [0.2, 0.25) is 5.91 Å². The fraction of sp³-hybridized carbons (Fsp3) is 0.733. The van der Waals surface area contributed by atoms with Gasteiger partial charge in [-0.15, -0.1) is 11.8 Å². The van der Waals surface area contributed by atoms with E-state index in [9.17, 15) is 4.79 Å². The molecule has 118 valence electrons. The van der Waals surface area contributed by atoms with E-state index in [1.165, 1.54) is 0 Å². The van der Waals surface area contributed by atoms with Crippen LogP contribution in [0.3, 0.4) is 0 Å². The van der Waals surface area contributed by atoms with Gasteiger partial charge in [-0.3, -0.25) is 4.79 Å². The standard InChI is InChI=1S/C15H25N3O2S/c1-10(16)13-5-4-6-18(7-13)15(19)9-21-8-14-11(2)17-20-12(14)3/h10,13H,4-9,16H2,1-3H3. The number of aromatic nitrogens is 1. The first-order chi connectivity index (χ1) is 9.99. The largest absolute Gasteiger partial charge is 0.361 e. The smallest absolute Gasteiger partial charge is 0.232 e. The lowest BCUT2D eigenvalue weighted by molar-refractivity contribution is -0.130. The summed E-state index contributed by atoms with van der Waals surface area (Å²) in [5.41, 5.74) is 8.00. The molecule has 1 aromatic rings. The van der Waals surface area contributed by atoms with E-state index in [4.69, 9.17) is 10.3 Å². The maximum atomic E-state index is 12.3. The number of aryl methyl sites for hydroxylation is 2. The second-order valence-corrected chi connectivity index (χ2v) is 6.88. The van der Waals surface area contributed by atoms with Gasteiger partial charge in [-0.25, -0.2) is 0 Å². The highest BCUT2D eigenvalue weighted by Crippen LogP contribution is 2.22. The van der Waals surface area contributed by atoms with Gasteiger partial charge in [-0.2, -0.15) is 0 Å². The first-order valence-corrected chi connectivity index (χ1v) is 8.67. The third-order valence-corrected chi connectivity index (χ3v) is 5.15. The normalized spacial score (nSPS) is 20.6. The van der Waals surface area contributed by atoms with Crippen LogP contribution in [0.5, 0.6) is 0 Å². The van der Waals surface area contributed by atoms with Crippen molar-refractivity contribution in [3.05, 3.63) is 17.0 Å². The first kappa shape index (κ1) is 16.4. The van der Waals surface area contributed by atoms with Crippen LogP contribution in [0.25, 0.3) is 0 Å². The fourth-order valence-corrected chi connectivity index (χ4v) is 3.78. The van der Waals surface area contributed by atoms with E-state index in [-0.39, 0.29) is 11.9 Å². The lowest BCUT2D eigenvalue weighted by Gasteiger charge is -2.34. The molecule has 0 radical (unpaired) electrons. The maximum Gasteiger partial charge on any atom is 0.232 e. The molecule has 1 saturated heterocycles. The van der Waals surface area contributed by atoms with Gasteiger partial charge < -0.3 is 15.2 Å². The molecule has 0 aliphatic carbocycles. The molecule has 2 heterocycles. The minimum Gasteiger partial charge on any atom is -0.361 e. The van der Waals surface area contributed by atoms with Crippen molar-refractivity contribution in [2.75, 3.05) is 18.8 Å². The molecule has 1 fully saturated rings. The summed E-state index contributed by atoms with van der Waals surface area (Å²) in [6.07, 6.45) is 2.19. The zero-order valence-corrected chi connectivity index (χ0v) is 13.9. The van der Waals surface area contributed by atoms with Crippen LogP contribution in [-0.2, 0) is 10.5 Å². The number of piperidine rings is 1. The van der Waals surface area contributed by atoms with Crippen molar-refractivity contribution < 1.29 is 9.32 Å². The molecule has 2 rings (SSSR count). The maximum absolute atomic E-state index is 12.3. The average Bonchev–Trinajstić information content (AvgIpc) is 2.79. The number of carbonyl (C=O) groups is 1. The van der Waals surface area contributed by atoms with E-state index in [0.717, 1.165) is 48.7 Å². The Balaban J connectivity index is 1.79. The molecule has 1 amide bonds. The topological polar surface area (TPSA) is 72.4 Å². The Labute approximate surface area is 130 Å². The third-order valence-electron chi connectivity index (χ3n) is 4.21. The van der Waals surface area contributed by atoms with Crippen LogP contribution in [-0.4, -0.2) is 40.8 Å². The van der Waals surface area contributed by atoms with Gasteiger partial charge in [0.1, 0.15) is 5.76 Å². The molecule has 0 saturated carbocycles. The zero-order valence-electron chi connectivity index (χ0n) is 13.1. The fourth-order valence-electron chi connectivity index (χ4n) is 2.71. The molecular formula is C15H25N3O2S. The summed E-state index contributed by atoms with van der Waals surface area (Å²) in [7, 11) is 0. The van der Waals surface area contributed by atoms with Gasteiger partial charge >= 0.3 is 0 Å². The summed E-state index contributed by atoms with van der Waals surface area (Å²) in [6, 6.07) is 0.163. The lowest BCUT2D eigenvalue weighted by atomic mass is 9.92. The Bertz CT molecular complexity index is 468. The Kier molecular flexibility index (Phi) is 5.70. The molecule has 1 aliphatic heterocycles. The summed E-state index contributed by atoms with van der Waals surface area (Å²) < 4.78 is 5.14. The number of thioether (sulfide) groups is 1. The number of likely N-dealkylation sites (tertiary alicyclic amines) is 1. The van der Waals surface area contributed by atoms with E-state index in [1.54, 1.807) is 11.8 Å². The van der Waals surface area contributed by atoms with Crippen LogP contribution >= 0.6 is 11.8 Å². The molecule has 2 N–H and O–H groups in total. The second kappa shape index (κ2) is 7.31. The molecule has 0 aromatic carbocycles. The number of hydrogen-bond acceptors (Lipinski definition) is 5. The molecule has 2 atom stereocenters. The van der Waals surface area contributed by atoms with Crippen LogP contribution in [0.2, 0.25) is 0 Å². The Hall–Kier alpha value is -1.01. The molecule has 2 unspecified atom stereocenters. The van der Waals surface area contributed by atoms with E-state index in [1.807, 2.05) is 25.7 Å². The summed E-state index contributed by atoms with van der Waals surface area (Å²) in [5.74, 6) is 2.79. The predicted molar refractivity (Wildman–Crippen MR) is 85.1 cm³/mol. The summed E-state index contributed by atoms with van der Waals surface area (Å²) in [6.45, 7) is 7.56. The molecule has 1 aromatic heterocycles. The number of carbonyl (C=O) groups excluding carboxylic acids is 1. The molecule has 1 aliphatic rings. The van der Waals surface area contributed by atoms with E-state index < -0.39 is 0 Å². The summed E-state index contributed by atoms with van der Waals surface area (Å²) in [4.78, 5) is 14.3. The van der Waals surface area contributed by atoms with Crippen LogP contribution < -0.4 is 5.73 Å². The van der Waals surface area contributed by atoms with Gasteiger partial charge in [0.15, 0.2) is 0 Å². The molecule has 21 heavy (non-hydrogen) atoms. The number of hydrogen-bond donors (Lipinski definition) is 1. The van der Waals surface area contributed by atoms with Crippen molar-refractivity contribution in [1.82, 2.24) is 10.1 Å². The van der Waals surface area contributed by atoms with Crippen molar-refractivity contribution in [1.29, 1.82) is 0 Å². The lowest BCUT2D eigenvalue weighted by Crippen LogP contribution is -2.45. The Morgan fingerprint density at radius 1 is 1.57 bits per heavy atom. The van der Waals surface area contributed by atoms with Gasteiger partial charge in [0.25, 0.3) is 0 Å². The number of nitrogens with two attached hydrogens (primary N) is 1. The van der Waals surface area contributed by atoms with Crippen LogP contribution in [0.1, 0.15) is 36.8 Å². The minimum absolute atomic E-state index is 0.163. The second-order valence-electron chi connectivity index (χ2n) is 5.90.